The Kier molecular flexibility index (Phi) is 8.04. The second-order valence-electron chi connectivity index (χ2n) is 8.58. The number of hydrogen-bond acceptors (Lipinski definition) is 3. The number of amides is 2. The van der Waals surface area contributed by atoms with Crippen LogP contribution in [0.3, 0.4) is 0 Å². The second kappa shape index (κ2) is 10.3. The van der Waals surface area contributed by atoms with Gasteiger partial charge in [-0.05, 0) is 36.0 Å². The van der Waals surface area contributed by atoms with Gasteiger partial charge >= 0.3 is 0 Å². The Balaban J connectivity index is 2.25. The molecule has 162 valence electrons. The first-order valence-electron chi connectivity index (χ1n) is 10.5. The molecule has 0 aliphatic carbocycles. The van der Waals surface area contributed by atoms with Crippen molar-refractivity contribution in [2.75, 3.05) is 13.7 Å². The monoisotopic (exact) mass is 410 g/mol. The first-order valence-corrected chi connectivity index (χ1v) is 10.5. The molecule has 0 heterocycles. The van der Waals surface area contributed by atoms with E-state index >= 15 is 0 Å². The summed E-state index contributed by atoms with van der Waals surface area (Å²) in [6.45, 7) is 10.5. The molecule has 1 N–H and O–H groups in total. The largest absolute Gasteiger partial charge is 0.483 e. The highest BCUT2D eigenvalue weighted by molar-refractivity contribution is 5.88. The molecule has 2 aromatic rings. The van der Waals surface area contributed by atoms with Crippen LogP contribution in [0.5, 0.6) is 5.75 Å². The molecule has 5 heteroatoms. The third kappa shape index (κ3) is 6.09. The quantitative estimate of drug-likeness (QED) is 0.709. The maximum absolute atomic E-state index is 13.2. The summed E-state index contributed by atoms with van der Waals surface area (Å²) in [5.74, 6) is 0.311. The Morgan fingerprint density at radius 3 is 2.40 bits per heavy atom. The minimum absolute atomic E-state index is 0.102. The number of likely N-dealkylation sites (N-methyl/N-ethyl adjacent to an activating group) is 1. The van der Waals surface area contributed by atoms with Crippen molar-refractivity contribution in [2.45, 2.75) is 59.0 Å². The zero-order chi connectivity index (χ0) is 22.3. The van der Waals surface area contributed by atoms with Crippen LogP contribution in [0.15, 0.2) is 48.5 Å². The van der Waals surface area contributed by atoms with Crippen LogP contribution in [0.4, 0.5) is 0 Å². The molecule has 0 radical (unpaired) electrons. The summed E-state index contributed by atoms with van der Waals surface area (Å²) in [6.07, 6.45) is 0.524. The fourth-order valence-corrected chi connectivity index (χ4v) is 3.53. The maximum Gasteiger partial charge on any atom is 0.261 e. The summed E-state index contributed by atoms with van der Waals surface area (Å²) < 4.78 is 5.95. The number of aryl methyl sites for hydroxylation is 1. The molecule has 2 aromatic carbocycles. The van der Waals surface area contributed by atoms with E-state index in [9.17, 15) is 9.59 Å². The summed E-state index contributed by atoms with van der Waals surface area (Å²) in [5, 5.41) is 2.68. The van der Waals surface area contributed by atoms with Crippen LogP contribution in [-0.4, -0.2) is 36.4 Å². The van der Waals surface area contributed by atoms with Crippen LogP contribution in [0.25, 0.3) is 0 Å². The molecule has 0 saturated heterocycles. The summed E-state index contributed by atoms with van der Waals surface area (Å²) in [7, 11) is 1.59. The first kappa shape index (κ1) is 23.5. The highest BCUT2D eigenvalue weighted by Crippen LogP contribution is 2.31. The molecule has 0 saturated carbocycles. The lowest BCUT2D eigenvalue weighted by molar-refractivity contribution is -0.142. The van der Waals surface area contributed by atoms with Gasteiger partial charge in [-0.3, -0.25) is 9.59 Å². The molecule has 0 spiro atoms. The lowest BCUT2D eigenvalue weighted by Gasteiger charge is -2.30. The van der Waals surface area contributed by atoms with Gasteiger partial charge in [-0.2, -0.15) is 0 Å². The maximum atomic E-state index is 13.2. The SMILES string of the molecule is CCC(C(=O)NC)N(Cc1cccc(C)c1)C(=O)COc1ccccc1C(C)(C)C. The zero-order valence-electron chi connectivity index (χ0n) is 19.0. The fourth-order valence-electron chi connectivity index (χ4n) is 3.53. The van der Waals surface area contributed by atoms with Crippen molar-refractivity contribution >= 4 is 11.8 Å². The molecule has 0 fully saturated rings. The van der Waals surface area contributed by atoms with E-state index in [4.69, 9.17) is 4.74 Å². The molecule has 2 rings (SSSR count). The van der Waals surface area contributed by atoms with Crippen molar-refractivity contribution in [3.8, 4) is 5.75 Å². The predicted molar refractivity (Wildman–Crippen MR) is 121 cm³/mol. The minimum atomic E-state index is -0.551. The van der Waals surface area contributed by atoms with Gasteiger partial charge in [0.05, 0.1) is 0 Å². The van der Waals surface area contributed by atoms with E-state index in [1.807, 2.05) is 62.4 Å². The first-order chi connectivity index (χ1) is 14.2. The van der Waals surface area contributed by atoms with Crippen LogP contribution in [-0.2, 0) is 21.5 Å². The number of nitrogens with one attached hydrogen (secondary N) is 1. The van der Waals surface area contributed by atoms with E-state index in [1.165, 1.54) is 0 Å². The van der Waals surface area contributed by atoms with Gasteiger partial charge in [0.2, 0.25) is 5.91 Å². The van der Waals surface area contributed by atoms with Crippen LogP contribution < -0.4 is 10.1 Å². The van der Waals surface area contributed by atoms with Gasteiger partial charge in [-0.15, -0.1) is 0 Å². The van der Waals surface area contributed by atoms with Crippen molar-refractivity contribution in [3.63, 3.8) is 0 Å². The van der Waals surface area contributed by atoms with E-state index in [2.05, 4.69) is 26.1 Å². The molecule has 0 aliphatic heterocycles. The topological polar surface area (TPSA) is 58.6 Å². The normalized spacial score (nSPS) is 12.2. The minimum Gasteiger partial charge on any atom is -0.483 e. The van der Waals surface area contributed by atoms with Gasteiger partial charge in [0, 0.05) is 13.6 Å². The van der Waals surface area contributed by atoms with E-state index in [-0.39, 0.29) is 23.8 Å². The molecule has 1 unspecified atom stereocenters. The Bertz CT molecular complexity index is 871. The number of nitrogens with zero attached hydrogens (tertiary/aromatic N) is 1. The number of hydrogen-bond donors (Lipinski definition) is 1. The molecule has 5 nitrogen and oxygen atoms in total. The summed E-state index contributed by atoms with van der Waals surface area (Å²) in [5.41, 5.74) is 3.04. The molecule has 30 heavy (non-hydrogen) atoms. The standard InChI is InChI=1S/C25H34N2O3/c1-7-21(24(29)26-6)27(16-19-12-10-11-18(2)15-19)23(28)17-30-22-14-9-8-13-20(22)25(3,4)5/h8-15,21H,7,16-17H2,1-6H3,(H,26,29). The van der Waals surface area contributed by atoms with Crippen molar-refractivity contribution in [1.29, 1.82) is 0 Å². The molecule has 2 amide bonds. The van der Waals surface area contributed by atoms with Crippen molar-refractivity contribution < 1.29 is 14.3 Å². The zero-order valence-corrected chi connectivity index (χ0v) is 19.0. The second-order valence-corrected chi connectivity index (χ2v) is 8.58. The number of carbonyl (C=O) groups is 2. The third-order valence-corrected chi connectivity index (χ3v) is 5.11. The van der Waals surface area contributed by atoms with Crippen molar-refractivity contribution in [1.82, 2.24) is 10.2 Å². The van der Waals surface area contributed by atoms with Gasteiger partial charge < -0.3 is 15.0 Å². The van der Waals surface area contributed by atoms with Gasteiger partial charge in [-0.25, -0.2) is 0 Å². The Labute approximate surface area is 180 Å². The number of para-hydroxylation sites is 1. The highest BCUT2D eigenvalue weighted by Gasteiger charge is 2.29. The molecular weight excluding hydrogens is 376 g/mol. The number of carbonyl (C=O) groups excluding carboxylic acids is 2. The fraction of sp³-hybridized carbons (Fsp3) is 0.440. The van der Waals surface area contributed by atoms with Crippen LogP contribution in [0, 0.1) is 6.92 Å². The van der Waals surface area contributed by atoms with Gasteiger partial charge in [0.15, 0.2) is 6.61 Å². The summed E-state index contributed by atoms with van der Waals surface area (Å²) in [6, 6.07) is 15.2. The highest BCUT2D eigenvalue weighted by atomic mass is 16.5. The number of rotatable bonds is 8. The average molecular weight is 411 g/mol. The average Bonchev–Trinajstić information content (AvgIpc) is 2.71. The Morgan fingerprint density at radius 1 is 1.10 bits per heavy atom. The molecule has 1 atom stereocenters. The molecule has 0 bridgehead atoms. The van der Waals surface area contributed by atoms with Crippen molar-refractivity contribution in [3.05, 3.63) is 65.2 Å². The lowest BCUT2D eigenvalue weighted by Crippen LogP contribution is -2.49. The van der Waals surface area contributed by atoms with Crippen LogP contribution in [0.1, 0.15) is 50.8 Å². The van der Waals surface area contributed by atoms with E-state index < -0.39 is 6.04 Å². The van der Waals surface area contributed by atoms with E-state index in [0.29, 0.717) is 18.7 Å². The predicted octanol–water partition coefficient (Wildman–Crippen LogP) is 4.22. The van der Waals surface area contributed by atoms with E-state index in [1.54, 1.807) is 11.9 Å². The van der Waals surface area contributed by atoms with E-state index in [0.717, 1.165) is 16.7 Å². The molecular formula is C25H34N2O3. The summed E-state index contributed by atoms with van der Waals surface area (Å²) in [4.78, 5) is 27.3. The van der Waals surface area contributed by atoms with Crippen LogP contribution >= 0.6 is 0 Å². The van der Waals surface area contributed by atoms with Gasteiger partial charge in [0.25, 0.3) is 5.91 Å². The summed E-state index contributed by atoms with van der Waals surface area (Å²) >= 11 is 0. The Hall–Kier alpha value is -2.82. The Morgan fingerprint density at radius 2 is 1.80 bits per heavy atom. The lowest BCUT2D eigenvalue weighted by atomic mass is 9.86. The van der Waals surface area contributed by atoms with Crippen LogP contribution in [0.2, 0.25) is 0 Å². The molecule has 0 aliphatic rings. The van der Waals surface area contributed by atoms with Gasteiger partial charge in [0.1, 0.15) is 11.8 Å². The number of benzene rings is 2. The van der Waals surface area contributed by atoms with Gasteiger partial charge in [-0.1, -0.05) is 75.7 Å². The molecule has 0 aromatic heterocycles. The van der Waals surface area contributed by atoms with Crippen molar-refractivity contribution in [2.24, 2.45) is 0 Å². The number of ether oxygens (including phenoxy) is 1. The smallest absolute Gasteiger partial charge is 0.261 e. The third-order valence-electron chi connectivity index (χ3n) is 5.11.